The standard InChI is InChI=1S/C19H29N3O2S/c1-7-22(8-2)11-10-21(6)19(23)18-17(24-9-3)16-14(5)20-13(4)12-15(16)25-18/h12H,7-11H2,1-6H3. The molecule has 138 valence electrons. The Morgan fingerprint density at radius 1 is 1.20 bits per heavy atom. The van der Waals surface area contributed by atoms with Gasteiger partial charge in [-0.2, -0.15) is 0 Å². The number of nitrogens with zero attached hydrogens (tertiary/aromatic N) is 3. The molecule has 0 atom stereocenters. The van der Waals surface area contributed by atoms with Crippen LogP contribution in [0.4, 0.5) is 0 Å². The molecular formula is C19H29N3O2S. The van der Waals surface area contributed by atoms with E-state index in [2.05, 4.69) is 23.7 Å². The maximum Gasteiger partial charge on any atom is 0.267 e. The van der Waals surface area contributed by atoms with Gasteiger partial charge in [-0.05, 0) is 39.9 Å². The zero-order valence-electron chi connectivity index (χ0n) is 16.2. The highest BCUT2D eigenvalue weighted by Gasteiger charge is 2.24. The fourth-order valence-corrected chi connectivity index (χ4v) is 4.24. The van der Waals surface area contributed by atoms with Gasteiger partial charge in [0.25, 0.3) is 5.91 Å². The van der Waals surface area contributed by atoms with Gasteiger partial charge in [-0.1, -0.05) is 13.8 Å². The molecule has 2 aromatic heterocycles. The molecular weight excluding hydrogens is 334 g/mol. The highest BCUT2D eigenvalue weighted by molar-refractivity contribution is 7.21. The summed E-state index contributed by atoms with van der Waals surface area (Å²) in [5.74, 6) is 0.709. The van der Waals surface area contributed by atoms with E-state index in [0.29, 0.717) is 23.8 Å². The molecule has 5 nitrogen and oxygen atoms in total. The monoisotopic (exact) mass is 363 g/mol. The molecule has 1 amide bonds. The molecule has 0 saturated carbocycles. The Morgan fingerprint density at radius 3 is 2.48 bits per heavy atom. The number of aromatic nitrogens is 1. The van der Waals surface area contributed by atoms with E-state index >= 15 is 0 Å². The highest BCUT2D eigenvalue weighted by atomic mass is 32.1. The smallest absolute Gasteiger partial charge is 0.267 e. The maximum atomic E-state index is 13.0. The van der Waals surface area contributed by atoms with Crippen molar-refractivity contribution in [1.82, 2.24) is 14.8 Å². The second-order valence-corrected chi connectivity index (χ2v) is 7.22. The van der Waals surface area contributed by atoms with Gasteiger partial charge >= 0.3 is 0 Å². The number of amides is 1. The van der Waals surface area contributed by atoms with Crippen LogP contribution in [0.2, 0.25) is 0 Å². The molecule has 2 aromatic rings. The summed E-state index contributed by atoms with van der Waals surface area (Å²) in [7, 11) is 1.86. The molecule has 25 heavy (non-hydrogen) atoms. The summed E-state index contributed by atoms with van der Waals surface area (Å²) >= 11 is 1.50. The van der Waals surface area contributed by atoms with Crippen LogP contribution in [0.25, 0.3) is 10.1 Å². The Labute approximate surface area is 154 Å². The number of fused-ring (bicyclic) bond motifs is 1. The third-order valence-corrected chi connectivity index (χ3v) is 5.52. The first-order valence-corrected chi connectivity index (χ1v) is 9.75. The van der Waals surface area contributed by atoms with Gasteiger partial charge in [-0.25, -0.2) is 0 Å². The Kier molecular flexibility index (Phi) is 6.79. The number of carbonyl (C=O) groups is 1. The van der Waals surface area contributed by atoms with Gasteiger partial charge in [-0.3, -0.25) is 9.78 Å². The SMILES string of the molecule is CCOc1c(C(=O)N(C)CCN(CC)CC)sc2cc(C)nc(C)c12. The Balaban J connectivity index is 2.33. The van der Waals surface area contributed by atoms with Gasteiger partial charge in [0.1, 0.15) is 4.88 Å². The lowest BCUT2D eigenvalue weighted by Crippen LogP contribution is -2.36. The molecule has 0 N–H and O–H groups in total. The fraction of sp³-hybridized carbons (Fsp3) is 0.579. The van der Waals surface area contributed by atoms with Gasteiger partial charge in [0.05, 0.1) is 12.0 Å². The van der Waals surface area contributed by atoms with Crippen LogP contribution in [-0.4, -0.2) is 60.5 Å². The Morgan fingerprint density at radius 2 is 1.88 bits per heavy atom. The van der Waals surface area contributed by atoms with Crippen molar-refractivity contribution < 1.29 is 9.53 Å². The van der Waals surface area contributed by atoms with Crippen molar-refractivity contribution in [3.63, 3.8) is 0 Å². The number of ether oxygens (including phenoxy) is 1. The highest BCUT2D eigenvalue weighted by Crippen LogP contribution is 2.40. The third-order valence-electron chi connectivity index (χ3n) is 4.41. The predicted octanol–water partition coefficient (Wildman–Crippen LogP) is 3.73. The number of likely N-dealkylation sites (N-methyl/N-ethyl adjacent to an activating group) is 2. The molecule has 6 heteroatoms. The summed E-state index contributed by atoms with van der Waals surface area (Å²) in [6, 6.07) is 2.03. The van der Waals surface area contributed by atoms with E-state index in [-0.39, 0.29) is 5.91 Å². The second-order valence-electron chi connectivity index (χ2n) is 6.17. The van der Waals surface area contributed by atoms with Crippen LogP contribution >= 0.6 is 11.3 Å². The van der Waals surface area contributed by atoms with E-state index in [1.54, 1.807) is 4.90 Å². The van der Waals surface area contributed by atoms with Crippen LogP contribution in [0.1, 0.15) is 41.8 Å². The van der Waals surface area contributed by atoms with Crippen molar-refractivity contribution in [3.8, 4) is 5.75 Å². The quantitative estimate of drug-likeness (QED) is 0.717. The van der Waals surface area contributed by atoms with Crippen molar-refractivity contribution in [1.29, 1.82) is 0 Å². The van der Waals surface area contributed by atoms with E-state index in [0.717, 1.165) is 41.1 Å². The lowest BCUT2D eigenvalue weighted by atomic mass is 10.2. The molecule has 0 radical (unpaired) electrons. The fourth-order valence-electron chi connectivity index (χ4n) is 2.95. The Bertz CT molecular complexity index is 738. The van der Waals surface area contributed by atoms with E-state index in [1.807, 2.05) is 33.9 Å². The van der Waals surface area contributed by atoms with Crippen molar-refractivity contribution in [2.45, 2.75) is 34.6 Å². The molecule has 0 saturated heterocycles. The summed E-state index contributed by atoms with van der Waals surface area (Å²) in [6.07, 6.45) is 0. The van der Waals surface area contributed by atoms with Crippen molar-refractivity contribution in [2.24, 2.45) is 0 Å². The van der Waals surface area contributed by atoms with Crippen LogP contribution < -0.4 is 4.74 Å². The summed E-state index contributed by atoms with van der Waals surface area (Å²) < 4.78 is 6.93. The number of pyridine rings is 1. The summed E-state index contributed by atoms with van der Waals surface area (Å²) in [4.78, 5) is 22.3. The van der Waals surface area contributed by atoms with Crippen LogP contribution in [0.3, 0.4) is 0 Å². The van der Waals surface area contributed by atoms with Gasteiger partial charge in [0.2, 0.25) is 0 Å². The number of hydrogen-bond acceptors (Lipinski definition) is 5. The molecule has 2 rings (SSSR count). The van der Waals surface area contributed by atoms with Crippen LogP contribution in [0, 0.1) is 13.8 Å². The lowest BCUT2D eigenvalue weighted by Gasteiger charge is -2.23. The second kappa shape index (κ2) is 8.63. The predicted molar refractivity (Wildman–Crippen MR) is 105 cm³/mol. The first kappa shape index (κ1) is 19.7. The zero-order chi connectivity index (χ0) is 18.6. The molecule has 0 fully saturated rings. The van der Waals surface area contributed by atoms with Gasteiger partial charge in [0.15, 0.2) is 5.75 Å². The zero-order valence-corrected chi connectivity index (χ0v) is 17.0. The van der Waals surface area contributed by atoms with E-state index < -0.39 is 0 Å². The van der Waals surface area contributed by atoms with Crippen molar-refractivity contribution in [2.75, 3.05) is 39.8 Å². The number of rotatable bonds is 8. The van der Waals surface area contributed by atoms with Crippen LogP contribution in [0.5, 0.6) is 5.75 Å². The van der Waals surface area contributed by atoms with Crippen molar-refractivity contribution in [3.05, 3.63) is 22.3 Å². The maximum absolute atomic E-state index is 13.0. The molecule has 0 unspecified atom stereocenters. The first-order chi connectivity index (χ1) is 11.9. The minimum Gasteiger partial charge on any atom is -0.491 e. The van der Waals surface area contributed by atoms with E-state index in [1.165, 1.54) is 11.3 Å². The summed E-state index contributed by atoms with van der Waals surface area (Å²) in [5, 5.41) is 0.970. The molecule has 0 spiro atoms. The minimum atomic E-state index is 0.0221. The topological polar surface area (TPSA) is 45.7 Å². The van der Waals surface area contributed by atoms with Gasteiger partial charge < -0.3 is 14.5 Å². The minimum absolute atomic E-state index is 0.0221. The molecule has 2 heterocycles. The molecule has 0 aliphatic heterocycles. The van der Waals surface area contributed by atoms with Gasteiger partial charge in [0, 0.05) is 36.2 Å². The number of aryl methyl sites for hydroxylation is 2. The number of carbonyl (C=O) groups excluding carboxylic acids is 1. The third kappa shape index (κ3) is 4.30. The van der Waals surface area contributed by atoms with Crippen molar-refractivity contribution >= 4 is 27.3 Å². The number of thiophene rings is 1. The van der Waals surface area contributed by atoms with E-state index in [9.17, 15) is 4.79 Å². The largest absolute Gasteiger partial charge is 0.491 e. The molecule has 0 aliphatic carbocycles. The normalized spacial score (nSPS) is 11.3. The van der Waals surface area contributed by atoms with E-state index in [4.69, 9.17) is 4.74 Å². The molecule has 0 aliphatic rings. The molecule has 0 bridgehead atoms. The average Bonchev–Trinajstić information content (AvgIpc) is 2.93. The van der Waals surface area contributed by atoms with Crippen LogP contribution in [0.15, 0.2) is 6.07 Å². The Hall–Kier alpha value is -1.66. The summed E-state index contributed by atoms with van der Waals surface area (Å²) in [6.45, 7) is 14.3. The molecule has 0 aromatic carbocycles. The lowest BCUT2D eigenvalue weighted by molar-refractivity contribution is 0.0781. The van der Waals surface area contributed by atoms with Crippen LogP contribution in [-0.2, 0) is 0 Å². The average molecular weight is 364 g/mol. The first-order valence-electron chi connectivity index (χ1n) is 8.94. The van der Waals surface area contributed by atoms with Gasteiger partial charge in [-0.15, -0.1) is 11.3 Å². The number of hydrogen-bond donors (Lipinski definition) is 0. The summed E-state index contributed by atoms with van der Waals surface area (Å²) in [5.41, 5.74) is 1.88.